The number of nitrogens with one attached hydrogen (secondary N) is 1. The maximum atomic E-state index is 4.42. The molecule has 0 saturated heterocycles. The lowest BCUT2D eigenvalue weighted by Gasteiger charge is -1.92. The quantitative estimate of drug-likeness (QED) is 0.291. The summed E-state index contributed by atoms with van der Waals surface area (Å²) in [5, 5.41) is 6.34. The number of amidine groups is 1. The summed E-state index contributed by atoms with van der Waals surface area (Å²) in [6, 6.07) is 0. The molecule has 0 spiro atoms. The summed E-state index contributed by atoms with van der Waals surface area (Å²) in [4.78, 5) is 4.42. The third kappa shape index (κ3) is 3.09. The van der Waals surface area contributed by atoms with Crippen LogP contribution in [-0.2, 0) is 4.84 Å². The van der Waals surface area contributed by atoms with E-state index < -0.39 is 0 Å². The van der Waals surface area contributed by atoms with Gasteiger partial charge in [-0.1, -0.05) is 5.16 Å². The van der Waals surface area contributed by atoms with Crippen LogP contribution in [-0.4, -0.2) is 20.0 Å². The van der Waals surface area contributed by atoms with Gasteiger partial charge in [-0.15, -0.1) is 0 Å². The minimum Gasteiger partial charge on any atom is -0.398 e. The van der Waals surface area contributed by atoms with Crippen molar-refractivity contribution in [2.75, 3.05) is 14.2 Å². The van der Waals surface area contributed by atoms with Gasteiger partial charge in [-0.3, -0.25) is 0 Å². The first-order valence-corrected chi connectivity index (χ1v) is 2.06. The second-order valence-corrected chi connectivity index (χ2v) is 1.11. The van der Waals surface area contributed by atoms with Crippen LogP contribution < -0.4 is 5.32 Å². The Balaban J connectivity index is 3.29. The summed E-state index contributed by atoms with van der Waals surface area (Å²) in [6.45, 7) is 1.82. The summed E-state index contributed by atoms with van der Waals surface area (Å²) in [6.07, 6.45) is 0. The summed E-state index contributed by atoms with van der Waals surface area (Å²) < 4.78 is 0. The largest absolute Gasteiger partial charge is 0.398 e. The zero-order valence-electron chi connectivity index (χ0n) is 4.86. The average molecular weight is 102 g/mol. The van der Waals surface area contributed by atoms with Gasteiger partial charge in [0.1, 0.15) is 12.9 Å². The molecular formula is C4H10N2O. The van der Waals surface area contributed by atoms with Gasteiger partial charge >= 0.3 is 0 Å². The molecule has 3 nitrogen and oxygen atoms in total. The van der Waals surface area contributed by atoms with Crippen molar-refractivity contribution in [3.63, 3.8) is 0 Å². The molecule has 0 unspecified atom stereocenters. The molecule has 0 saturated carbocycles. The summed E-state index contributed by atoms with van der Waals surface area (Å²) in [7, 11) is 3.30. The molecule has 0 atom stereocenters. The molecule has 0 amide bonds. The minimum atomic E-state index is 0.780. The zero-order chi connectivity index (χ0) is 5.70. The molecule has 1 N–H and O–H groups in total. The van der Waals surface area contributed by atoms with E-state index in [1.165, 1.54) is 7.11 Å². The Morgan fingerprint density at radius 1 is 1.71 bits per heavy atom. The van der Waals surface area contributed by atoms with E-state index in [2.05, 4.69) is 15.3 Å². The maximum Gasteiger partial charge on any atom is 0.138 e. The van der Waals surface area contributed by atoms with E-state index in [1.54, 1.807) is 7.05 Å². The Kier molecular flexibility index (Phi) is 3.10. The molecule has 0 rings (SSSR count). The van der Waals surface area contributed by atoms with Crippen LogP contribution in [0.1, 0.15) is 6.92 Å². The van der Waals surface area contributed by atoms with Crippen molar-refractivity contribution in [3.05, 3.63) is 0 Å². The van der Waals surface area contributed by atoms with Gasteiger partial charge in [0.05, 0.1) is 0 Å². The van der Waals surface area contributed by atoms with E-state index in [1.807, 2.05) is 6.92 Å². The van der Waals surface area contributed by atoms with Gasteiger partial charge in [0, 0.05) is 7.05 Å². The highest BCUT2D eigenvalue weighted by Gasteiger charge is 1.76. The summed E-state index contributed by atoms with van der Waals surface area (Å²) >= 11 is 0. The third-order valence-electron chi connectivity index (χ3n) is 0.590. The van der Waals surface area contributed by atoms with E-state index in [0.29, 0.717) is 0 Å². The molecule has 0 aromatic carbocycles. The molecule has 0 aliphatic carbocycles. The number of rotatable bonds is 1. The highest BCUT2D eigenvalue weighted by molar-refractivity contribution is 5.78. The molecule has 3 heteroatoms. The lowest BCUT2D eigenvalue weighted by molar-refractivity contribution is 0.212. The monoisotopic (exact) mass is 102 g/mol. The van der Waals surface area contributed by atoms with Crippen LogP contribution in [0.3, 0.4) is 0 Å². The highest BCUT2D eigenvalue weighted by atomic mass is 16.6. The van der Waals surface area contributed by atoms with Crippen molar-refractivity contribution in [2.45, 2.75) is 6.92 Å². The highest BCUT2D eigenvalue weighted by Crippen LogP contribution is 1.68. The molecule has 0 heterocycles. The Morgan fingerprint density at radius 3 is 2.43 bits per heavy atom. The molecule has 0 bridgehead atoms. The smallest absolute Gasteiger partial charge is 0.138 e. The van der Waals surface area contributed by atoms with Gasteiger partial charge in [0.15, 0.2) is 0 Å². The van der Waals surface area contributed by atoms with Crippen LogP contribution in [0.5, 0.6) is 0 Å². The van der Waals surface area contributed by atoms with E-state index in [-0.39, 0.29) is 0 Å². The first-order valence-electron chi connectivity index (χ1n) is 2.06. The Bertz CT molecular complexity index is 70.1. The van der Waals surface area contributed by atoms with E-state index in [0.717, 1.165) is 5.84 Å². The van der Waals surface area contributed by atoms with Crippen LogP contribution in [0.25, 0.3) is 0 Å². The summed E-state index contributed by atoms with van der Waals surface area (Å²) in [5.41, 5.74) is 0. The van der Waals surface area contributed by atoms with Crippen molar-refractivity contribution in [1.29, 1.82) is 0 Å². The van der Waals surface area contributed by atoms with Gasteiger partial charge in [-0.2, -0.15) is 0 Å². The van der Waals surface area contributed by atoms with Crippen molar-refractivity contribution in [3.8, 4) is 0 Å². The number of hydrogen-bond acceptors (Lipinski definition) is 2. The van der Waals surface area contributed by atoms with E-state index in [9.17, 15) is 0 Å². The van der Waals surface area contributed by atoms with Crippen molar-refractivity contribution >= 4 is 5.84 Å². The van der Waals surface area contributed by atoms with Gasteiger partial charge in [-0.25, -0.2) is 0 Å². The van der Waals surface area contributed by atoms with Crippen LogP contribution in [0.15, 0.2) is 5.16 Å². The molecule has 7 heavy (non-hydrogen) atoms. The lowest BCUT2D eigenvalue weighted by Crippen LogP contribution is -2.13. The van der Waals surface area contributed by atoms with E-state index in [4.69, 9.17) is 0 Å². The molecule has 0 aliphatic rings. The predicted molar refractivity (Wildman–Crippen MR) is 29.2 cm³/mol. The first kappa shape index (κ1) is 6.27. The number of nitrogens with zero attached hydrogens (tertiary/aromatic N) is 1. The fourth-order valence-electron chi connectivity index (χ4n) is 0.183. The van der Waals surface area contributed by atoms with Crippen molar-refractivity contribution in [2.24, 2.45) is 5.16 Å². The Labute approximate surface area is 43.3 Å². The molecule has 0 aromatic heterocycles. The molecule has 0 radical (unpaired) electrons. The van der Waals surface area contributed by atoms with Crippen molar-refractivity contribution < 1.29 is 4.84 Å². The van der Waals surface area contributed by atoms with E-state index >= 15 is 0 Å². The topological polar surface area (TPSA) is 33.6 Å². The lowest BCUT2D eigenvalue weighted by atomic mass is 10.7. The van der Waals surface area contributed by atoms with Gasteiger partial charge in [-0.05, 0) is 6.92 Å². The second kappa shape index (κ2) is 3.46. The first-order chi connectivity index (χ1) is 3.31. The van der Waals surface area contributed by atoms with Gasteiger partial charge in [0.2, 0.25) is 0 Å². The van der Waals surface area contributed by atoms with Gasteiger partial charge < -0.3 is 10.2 Å². The fraction of sp³-hybridized carbons (Fsp3) is 0.750. The second-order valence-electron chi connectivity index (χ2n) is 1.11. The van der Waals surface area contributed by atoms with Crippen LogP contribution in [0.2, 0.25) is 0 Å². The molecular weight excluding hydrogens is 92.1 g/mol. The number of hydrogen-bond donors (Lipinski definition) is 1. The normalized spacial score (nSPS) is 11.0. The average Bonchev–Trinajstić information content (AvgIpc) is 1.68. The van der Waals surface area contributed by atoms with Crippen molar-refractivity contribution in [1.82, 2.24) is 5.32 Å². The molecule has 0 fully saturated rings. The Hall–Kier alpha value is -0.730. The van der Waals surface area contributed by atoms with Crippen LogP contribution in [0.4, 0.5) is 0 Å². The van der Waals surface area contributed by atoms with Crippen LogP contribution >= 0.6 is 0 Å². The minimum absolute atomic E-state index is 0.780. The fourth-order valence-corrected chi connectivity index (χ4v) is 0.183. The van der Waals surface area contributed by atoms with Gasteiger partial charge in [0.25, 0.3) is 0 Å². The van der Waals surface area contributed by atoms with Crippen LogP contribution in [0, 0.1) is 0 Å². The molecule has 0 aliphatic heterocycles. The summed E-state index contributed by atoms with van der Waals surface area (Å²) in [5.74, 6) is 0.780. The predicted octanol–water partition coefficient (Wildman–Crippen LogP) is 0.186. The third-order valence-corrected chi connectivity index (χ3v) is 0.590. The number of oxime groups is 1. The Morgan fingerprint density at radius 2 is 2.29 bits per heavy atom. The molecule has 0 aromatic rings. The SMILES string of the molecule is CN/C(C)=N\OC. The zero-order valence-corrected chi connectivity index (χ0v) is 4.86. The molecule has 42 valence electrons. The standard InChI is InChI=1S/C4H10N2O/c1-4(5-2)6-7-3/h1-3H3,(H,5,6). The maximum absolute atomic E-state index is 4.42.